The van der Waals surface area contributed by atoms with Gasteiger partial charge in [0.05, 0.1) is 6.42 Å². The van der Waals surface area contributed by atoms with Crippen molar-refractivity contribution in [1.29, 1.82) is 0 Å². The molecule has 0 aromatic heterocycles. The molecule has 2 aromatic carbocycles. The summed E-state index contributed by atoms with van der Waals surface area (Å²) in [6.45, 7) is 2.91. The highest BCUT2D eigenvalue weighted by molar-refractivity contribution is 5.78. The van der Waals surface area contributed by atoms with E-state index in [1.165, 1.54) is 19.1 Å². The van der Waals surface area contributed by atoms with Gasteiger partial charge in [0.2, 0.25) is 11.8 Å². The van der Waals surface area contributed by atoms with Crippen LogP contribution in [-0.4, -0.2) is 36.3 Å². The third kappa shape index (κ3) is 6.75. The van der Waals surface area contributed by atoms with Gasteiger partial charge in [-0.3, -0.25) is 9.59 Å². The first-order valence-electron chi connectivity index (χ1n) is 8.35. The van der Waals surface area contributed by atoms with Crippen LogP contribution in [0.4, 0.5) is 4.39 Å². The molecule has 0 aliphatic carbocycles. The van der Waals surface area contributed by atoms with E-state index in [0.29, 0.717) is 32.5 Å². The van der Waals surface area contributed by atoms with Crippen molar-refractivity contribution in [3.63, 3.8) is 0 Å². The number of rotatable bonds is 8. The van der Waals surface area contributed by atoms with Crippen molar-refractivity contribution in [3.05, 3.63) is 71.5 Å². The summed E-state index contributed by atoms with van der Waals surface area (Å²) in [4.78, 5) is 25.4. The molecule has 2 amide bonds. The number of halogens is 1. The summed E-state index contributed by atoms with van der Waals surface area (Å²) in [6, 6.07) is 15.8. The van der Waals surface area contributed by atoms with Gasteiger partial charge in [-0.05, 0) is 29.7 Å². The summed E-state index contributed by atoms with van der Waals surface area (Å²) in [5, 5.41) is 2.84. The van der Waals surface area contributed by atoms with E-state index in [2.05, 4.69) is 5.32 Å². The Labute approximate surface area is 147 Å². The Bertz CT molecular complexity index is 687. The molecule has 0 spiro atoms. The zero-order valence-electron chi connectivity index (χ0n) is 14.4. The summed E-state index contributed by atoms with van der Waals surface area (Å²) >= 11 is 0. The predicted molar refractivity (Wildman–Crippen MR) is 95.5 cm³/mol. The second kappa shape index (κ2) is 9.57. The highest BCUT2D eigenvalue weighted by atomic mass is 19.1. The molecule has 2 rings (SSSR count). The van der Waals surface area contributed by atoms with Crippen molar-refractivity contribution in [2.75, 3.05) is 19.6 Å². The number of hydrogen-bond acceptors (Lipinski definition) is 2. The summed E-state index contributed by atoms with van der Waals surface area (Å²) < 4.78 is 12.9. The summed E-state index contributed by atoms with van der Waals surface area (Å²) in [5.74, 6) is -0.374. The van der Waals surface area contributed by atoms with Crippen LogP contribution in [0, 0.1) is 5.82 Å². The van der Waals surface area contributed by atoms with Crippen LogP contribution in [0.1, 0.15) is 18.1 Å². The van der Waals surface area contributed by atoms with Crippen LogP contribution in [-0.2, 0) is 22.4 Å². The molecule has 0 atom stereocenters. The van der Waals surface area contributed by atoms with E-state index in [9.17, 15) is 14.0 Å². The minimum Gasteiger partial charge on any atom is -0.354 e. The zero-order chi connectivity index (χ0) is 18.1. The van der Waals surface area contributed by atoms with Gasteiger partial charge in [-0.15, -0.1) is 0 Å². The Morgan fingerprint density at radius 2 is 1.64 bits per heavy atom. The van der Waals surface area contributed by atoms with E-state index in [0.717, 1.165) is 11.1 Å². The van der Waals surface area contributed by atoms with Crippen LogP contribution in [0.3, 0.4) is 0 Å². The highest BCUT2D eigenvalue weighted by Crippen LogP contribution is 2.05. The molecule has 0 aliphatic heterocycles. The number of carbonyl (C=O) groups is 2. The lowest BCUT2D eigenvalue weighted by Crippen LogP contribution is -2.39. The maximum atomic E-state index is 12.9. The molecular formula is C20H23FN2O2. The van der Waals surface area contributed by atoms with Crippen LogP contribution in [0.2, 0.25) is 0 Å². The lowest BCUT2D eigenvalue weighted by molar-refractivity contribution is -0.129. The van der Waals surface area contributed by atoms with E-state index >= 15 is 0 Å². The number of benzene rings is 2. The number of nitrogens with zero attached hydrogens (tertiary/aromatic N) is 1. The normalized spacial score (nSPS) is 10.3. The minimum atomic E-state index is -0.270. The van der Waals surface area contributed by atoms with Gasteiger partial charge in [0.15, 0.2) is 0 Å². The van der Waals surface area contributed by atoms with Gasteiger partial charge >= 0.3 is 0 Å². The topological polar surface area (TPSA) is 49.4 Å². The minimum absolute atomic E-state index is 0.0422. The van der Waals surface area contributed by atoms with Crippen LogP contribution < -0.4 is 5.32 Å². The fourth-order valence-corrected chi connectivity index (χ4v) is 2.52. The van der Waals surface area contributed by atoms with Crippen LogP contribution in [0.25, 0.3) is 0 Å². The van der Waals surface area contributed by atoms with Gasteiger partial charge in [-0.2, -0.15) is 0 Å². The van der Waals surface area contributed by atoms with Gasteiger partial charge < -0.3 is 10.2 Å². The molecule has 25 heavy (non-hydrogen) atoms. The Hall–Kier alpha value is -2.69. The SMILES string of the molecule is CC(=O)N(CCNC(=O)Cc1ccccc1)CCc1ccc(F)cc1. The fourth-order valence-electron chi connectivity index (χ4n) is 2.52. The Morgan fingerprint density at radius 1 is 0.960 bits per heavy atom. The van der Waals surface area contributed by atoms with Gasteiger partial charge in [0.1, 0.15) is 5.82 Å². The molecular weight excluding hydrogens is 319 g/mol. The Balaban J connectivity index is 1.74. The first kappa shape index (κ1) is 18.6. The zero-order valence-corrected chi connectivity index (χ0v) is 14.4. The molecule has 132 valence electrons. The lowest BCUT2D eigenvalue weighted by Gasteiger charge is -2.21. The van der Waals surface area contributed by atoms with Crippen molar-refractivity contribution >= 4 is 11.8 Å². The molecule has 0 bridgehead atoms. The van der Waals surface area contributed by atoms with Gasteiger partial charge in [0, 0.05) is 26.6 Å². The number of hydrogen-bond donors (Lipinski definition) is 1. The number of amides is 2. The Morgan fingerprint density at radius 3 is 2.28 bits per heavy atom. The van der Waals surface area contributed by atoms with E-state index in [1.54, 1.807) is 17.0 Å². The maximum Gasteiger partial charge on any atom is 0.224 e. The van der Waals surface area contributed by atoms with E-state index < -0.39 is 0 Å². The Kier molecular flexibility index (Phi) is 7.14. The molecule has 0 radical (unpaired) electrons. The van der Waals surface area contributed by atoms with Crippen LogP contribution >= 0.6 is 0 Å². The molecule has 0 heterocycles. The summed E-state index contributed by atoms with van der Waals surface area (Å²) in [7, 11) is 0. The fraction of sp³-hybridized carbons (Fsp3) is 0.300. The van der Waals surface area contributed by atoms with Crippen molar-refractivity contribution in [3.8, 4) is 0 Å². The maximum absolute atomic E-state index is 12.9. The molecule has 4 nitrogen and oxygen atoms in total. The molecule has 1 N–H and O–H groups in total. The summed E-state index contributed by atoms with van der Waals surface area (Å²) in [6.07, 6.45) is 0.980. The third-order valence-electron chi connectivity index (χ3n) is 3.94. The van der Waals surface area contributed by atoms with E-state index in [4.69, 9.17) is 0 Å². The van der Waals surface area contributed by atoms with Crippen molar-refractivity contribution in [2.24, 2.45) is 0 Å². The quantitative estimate of drug-likeness (QED) is 0.802. The van der Waals surface area contributed by atoms with Crippen LogP contribution in [0.15, 0.2) is 54.6 Å². The molecule has 0 unspecified atom stereocenters. The van der Waals surface area contributed by atoms with E-state index in [1.807, 2.05) is 30.3 Å². The monoisotopic (exact) mass is 342 g/mol. The summed E-state index contributed by atoms with van der Waals surface area (Å²) in [5.41, 5.74) is 1.93. The van der Waals surface area contributed by atoms with Crippen LogP contribution in [0.5, 0.6) is 0 Å². The molecule has 0 saturated heterocycles. The molecule has 0 saturated carbocycles. The highest BCUT2D eigenvalue weighted by Gasteiger charge is 2.10. The smallest absolute Gasteiger partial charge is 0.224 e. The van der Waals surface area contributed by atoms with Crippen molar-refractivity contribution in [1.82, 2.24) is 10.2 Å². The van der Waals surface area contributed by atoms with Crippen molar-refractivity contribution in [2.45, 2.75) is 19.8 Å². The second-order valence-corrected chi connectivity index (χ2v) is 5.89. The molecule has 5 heteroatoms. The molecule has 0 aliphatic rings. The molecule has 0 fully saturated rings. The lowest BCUT2D eigenvalue weighted by atomic mass is 10.1. The van der Waals surface area contributed by atoms with E-state index in [-0.39, 0.29) is 17.6 Å². The third-order valence-corrected chi connectivity index (χ3v) is 3.94. The second-order valence-electron chi connectivity index (χ2n) is 5.89. The standard InChI is InChI=1S/C20H23FN2O2/c1-16(24)23(13-11-17-7-9-19(21)10-8-17)14-12-22-20(25)15-18-5-3-2-4-6-18/h2-10H,11-15H2,1H3,(H,22,25). The number of nitrogens with one attached hydrogen (secondary N) is 1. The predicted octanol–water partition coefficient (Wildman–Crippen LogP) is 2.58. The largest absolute Gasteiger partial charge is 0.354 e. The average molecular weight is 342 g/mol. The van der Waals surface area contributed by atoms with Gasteiger partial charge in [-0.1, -0.05) is 42.5 Å². The average Bonchev–Trinajstić information content (AvgIpc) is 2.60. The molecule has 2 aromatic rings. The van der Waals surface area contributed by atoms with Gasteiger partial charge in [0.25, 0.3) is 0 Å². The van der Waals surface area contributed by atoms with Gasteiger partial charge in [-0.25, -0.2) is 4.39 Å². The first-order valence-corrected chi connectivity index (χ1v) is 8.35. The van der Waals surface area contributed by atoms with Crippen molar-refractivity contribution < 1.29 is 14.0 Å². The first-order chi connectivity index (χ1) is 12.0. The number of carbonyl (C=O) groups excluding carboxylic acids is 2.